The van der Waals surface area contributed by atoms with Crippen LogP contribution in [0.1, 0.15) is 0 Å². The zero-order chi connectivity index (χ0) is 17.4. The summed E-state index contributed by atoms with van der Waals surface area (Å²) < 4.78 is 15.4. The molecule has 0 amide bonds. The van der Waals surface area contributed by atoms with E-state index in [9.17, 15) is 35.7 Å². The molecule has 0 aromatic rings. The second-order valence-corrected chi connectivity index (χ2v) is 5.60. The van der Waals surface area contributed by atoms with Crippen LogP contribution in [0.3, 0.4) is 0 Å². The predicted molar refractivity (Wildman–Crippen MR) is 68.6 cm³/mol. The van der Waals surface area contributed by atoms with Crippen molar-refractivity contribution in [2.24, 2.45) is 0 Å². The molecule has 11 heteroatoms. The summed E-state index contributed by atoms with van der Waals surface area (Å²) in [4.78, 5) is 0. The summed E-state index contributed by atoms with van der Waals surface area (Å²) in [6.07, 6.45) is -13.0. The van der Waals surface area contributed by atoms with Crippen molar-refractivity contribution in [2.75, 3.05) is 19.8 Å². The van der Waals surface area contributed by atoms with Crippen LogP contribution in [0, 0.1) is 0 Å². The maximum Gasteiger partial charge on any atom is 0.223 e. The van der Waals surface area contributed by atoms with Crippen LogP contribution < -0.4 is 0 Å². The summed E-state index contributed by atoms with van der Waals surface area (Å²) in [7, 11) is 0. The molecule has 0 spiro atoms. The second-order valence-electron chi connectivity index (χ2n) is 5.60. The van der Waals surface area contributed by atoms with E-state index in [-0.39, 0.29) is 0 Å². The summed E-state index contributed by atoms with van der Waals surface area (Å²) in [6, 6.07) is 0. The first-order valence-electron chi connectivity index (χ1n) is 7.04. The van der Waals surface area contributed by atoms with Gasteiger partial charge in [0.25, 0.3) is 0 Å². The number of aliphatic hydroxyl groups is 8. The Morgan fingerprint density at radius 2 is 1.57 bits per heavy atom. The lowest BCUT2D eigenvalue weighted by atomic mass is 9.96. The topological polar surface area (TPSA) is 190 Å². The van der Waals surface area contributed by atoms with Gasteiger partial charge in [0.05, 0.1) is 13.2 Å². The molecule has 0 bridgehead atoms. The molecule has 2 rings (SSSR count). The summed E-state index contributed by atoms with van der Waals surface area (Å²) in [5.41, 5.74) is 0. The molecule has 0 saturated carbocycles. The minimum atomic E-state index is -2.23. The molecule has 0 aromatic heterocycles. The summed E-state index contributed by atoms with van der Waals surface area (Å²) in [5, 5.41) is 77.0. The van der Waals surface area contributed by atoms with Crippen molar-refractivity contribution in [1.29, 1.82) is 0 Å². The molecule has 23 heavy (non-hydrogen) atoms. The van der Waals surface area contributed by atoms with Crippen molar-refractivity contribution in [2.45, 2.75) is 54.8 Å². The molecule has 2 fully saturated rings. The molecule has 0 aromatic carbocycles. The Balaban J connectivity index is 2.17. The number of hydrogen-bond donors (Lipinski definition) is 8. The second kappa shape index (κ2) is 7.21. The van der Waals surface area contributed by atoms with E-state index < -0.39 is 74.6 Å². The predicted octanol–water partition coefficient (Wildman–Crippen LogP) is -5.40. The molecule has 0 aliphatic carbocycles. The fourth-order valence-corrected chi connectivity index (χ4v) is 2.52. The quantitative estimate of drug-likeness (QED) is 0.243. The highest BCUT2D eigenvalue weighted by atomic mass is 16.8. The van der Waals surface area contributed by atoms with Crippen LogP contribution in [0.25, 0.3) is 0 Å². The molecule has 11 nitrogen and oxygen atoms in total. The maximum atomic E-state index is 10.00. The van der Waals surface area contributed by atoms with Gasteiger partial charge in [-0.3, -0.25) is 0 Å². The Morgan fingerprint density at radius 3 is 2.13 bits per heavy atom. The monoisotopic (exact) mass is 342 g/mol. The van der Waals surface area contributed by atoms with Crippen LogP contribution in [0.5, 0.6) is 0 Å². The highest BCUT2D eigenvalue weighted by molar-refractivity contribution is 4.95. The van der Waals surface area contributed by atoms with Gasteiger partial charge in [0.2, 0.25) is 5.79 Å². The molecule has 136 valence electrons. The van der Waals surface area contributed by atoms with E-state index in [1.165, 1.54) is 0 Å². The summed E-state index contributed by atoms with van der Waals surface area (Å²) in [5.74, 6) is -2.23. The number of hydrogen-bond acceptors (Lipinski definition) is 11. The zero-order valence-electron chi connectivity index (χ0n) is 12.0. The minimum absolute atomic E-state index is 0.476. The van der Waals surface area contributed by atoms with E-state index >= 15 is 0 Å². The molecule has 2 saturated heterocycles. The van der Waals surface area contributed by atoms with Crippen LogP contribution in [0.15, 0.2) is 0 Å². The van der Waals surface area contributed by atoms with Gasteiger partial charge in [-0.15, -0.1) is 0 Å². The van der Waals surface area contributed by atoms with Crippen LogP contribution in [-0.4, -0.2) is 115 Å². The number of aliphatic hydroxyl groups excluding tert-OH is 8. The first-order valence-corrected chi connectivity index (χ1v) is 7.04. The largest absolute Gasteiger partial charge is 0.394 e. The Labute approximate surface area is 130 Å². The van der Waals surface area contributed by atoms with Crippen molar-refractivity contribution >= 4 is 0 Å². The molecule has 0 radical (unpaired) electrons. The van der Waals surface area contributed by atoms with Crippen LogP contribution in [0.4, 0.5) is 0 Å². The van der Waals surface area contributed by atoms with Crippen molar-refractivity contribution in [3.05, 3.63) is 0 Å². The van der Waals surface area contributed by atoms with Gasteiger partial charge in [0.15, 0.2) is 6.29 Å². The average molecular weight is 342 g/mol. The third kappa shape index (κ3) is 3.36. The Bertz CT molecular complexity index is 393. The molecule has 2 aliphatic heterocycles. The normalized spacial score (nSPS) is 51.7. The molecular formula is C12H22O11. The van der Waals surface area contributed by atoms with Gasteiger partial charge in [-0.2, -0.15) is 0 Å². The average Bonchev–Trinajstić information content (AvgIpc) is 2.56. The summed E-state index contributed by atoms with van der Waals surface area (Å²) in [6.45, 7) is -2.13. The van der Waals surface area contributed by atoms with Gasteiger partial charge < -0.3 is 55.1 Å². The fourth-order valence-electron chi connectivity index (χ4n) is 2.52. The number of ether oxygens (including phenoxy) is 3. The van der Waals surface area contributed by atoms with E-state index in [0.717, 1.165) is 0 Å². The molecule has 2 aliphatic rings. The van der Waals surface area contributed by atoms with Gasteiger partial charge in [0, 0.05) is 0 Å². The minimum Gasteiger partial charge on any atom is -0.394 e. The lowest BCUT2D eigenvalue weighted by Crippen LogP contribution is -2.68. The van der Waals surface area contributed by atoms with Crippen molar-refractivity contribution in [1.82, 2.24) is 0 Å². The van der Waals surface area contributed by atoms with Crippen LogP contribution in [-0.2, 0) is 14.2 Å². The van der Waals surface area contributed by atoms with Gasteiger partial charge in [0.1, 0.15) is 49.3 Å². The van der Waals surface area contributed by atoms with Crippen molar-refractivity contribution < 1.29 is 55.1 Å². The van der Waals surface area contributed by atoms with Gasteiger partial charge >= 0.3 is 0 Å². The first-order chi connectivity index (χ1) is 10.8. The smallest absolute Gasteiger partial charge is 0.223 e. The highest BCUT2D eigenvalue weighted by Crippen LogP contribution is 2.32. The molecule has 2 heterocycles. The van der Waals surface area contributed by atoms with E-state index in [4.69, 9.17) is 19.3 Å². The van der Waals surface area contributed by atoms with Crippen LogP contribution in [0.2, 0.25) is 0 Å². The third-order valence-corrected chi connectivity index (χ3v) is 4.05. The molecule has 8 N–H and O–H groups in total. The lowest BCUT2D eigenvalue weighted by molar-refractivity contribution is -0.415. The zero-order valence-corrected chi connectivity index (χ0v) is 12.0. The van der Waals surface area contributed by atoms with Gasteiger partial charge in [-0.05, 0) is 0 Å². The Morgan fingerprint density at radius 1 is 0.913 bits per heavy atom. The third-order valence-electron chi connectivity index (χ3n) is 4.05. The molecule has 9 atom stereocenters. The molecular weight excluding hydrogens is 320 g/mol. The van der Waals surface area contributed by atoms with E-state index in [1.54, 1.807) is 0 Å². The van der Waals surface area contributed by atoms with Crippen LogP contribution >= 0.6 is 0 Å². The standard InChI is InChI=1S/C12H22O11/c13-1-5-7(17)8(18)9(19)11(22-5)23-12(3-14)10(20)6(16)4(15)2-21-12/h4-11,13-20H,1-3H2/t4-,5-,6-,7-,8+,9-,10+,11-,12?/m1/s1. The Hall–Kier alpha value is -0.440. The highest BCUT2D eigenvalue weighted by Gasteiger charge is 2.55. The summed E-state index contributed by atoms with van der Waals surface area (Å²) >= 11 is 0. The molecule has 1 unspecified atom stereocenters. The van der Waals surface area contributed by atoms with Crippen molar-refractivity contribution in [3.8, 4) is 0 Å². The number of rotatable bonds is 4. The lowest BCUT2D eigenvalue weighted by Gasteiger charge is -2.48. The van der Waals surface area contributed by atoms with Crippen molar-refractivity contribution in [3.63, 3.8) is 0 Å². The SMILES string of the molecule is OC[C@H]1O[C@H](OC2(CO)OC[C@@H](O)[C@@H](O)[C@@H]2O)[C@H](O)[C@@H](O)[C@@H]1O. The Kier molecular flexibility index (Phi) is 5.92. The fraction of sp³-hybridized carbons (Fsp3) is 1.00. The maximum absolute atomic E-state index is 10.00. The van der Waals surface area contributed by atoms with E-state index in [2.05, 4.69) is 0 Å². The first kappa shape index (κ1) is 18.9. The van der Waals surface area contributed by atoms with Gasteiger partial charge in [-0.25, -0.2) is 0 Å². The van der Waals surface area contributed by atoms with E-state index in [0.29, 0.717) is 0 Å². The van der Waals surface area contributed by atoms with E-state index in [1.807, 2.05) is 0 Å². The van der Waals surface area contributed by atoms with Gasteiger partial charge in [-0.1, -0.05) is 0 Å².